The van der Waals surface area contributed by atoms with E-state index in [2.05, 4.69) is 37.4 Å². The predicted molar refractivity (Wildman–Crippen MR) is 149 cm³/mol. The maximum absolute atomic E-state index is 13.6. The van der Waals surface area contributed by atoms with Crippen molar-refractivity contribution in [2.45, 2.75) is 39.8 Å². The first-order valence-corrected chi connectivity index (χ1v) is 13.3. The van der Waals surface area contributed by atoms with Gasteiger partial charge >= 0.3 is 5.97 Å². The van der Waals surface area contributed by atoms with Gasteiger partial charge in [0.25, 0.3) is 0 Å². The number of nitrogens with zero attached hydrogens (tertiary/aromatic N) is 3. The molecule has 1 N–H and O–H groups in total. The molecule has 4 rings (SSSR count). The topological polar surface area (TPSA) is 74.2 Å². The van der Waals surface area contributed by atoms with E-state index in [1.165, 1.54) is 11.8 Å². The van der Waals surface area contributed by atoms with Gasteiger partial charge in [0.2, 0.25) is 5.91 Å². The number of carbonyl (C=O) groups is 2. The zero-order valence-electron chi connectivity index (χ0n) is 22.1. The van der Waals surface area contributed by atoms with Crippen molar-refractivity contribution in [1.82, 2.24) is 15.1 Å². The Kier molecular flexibility index (Phi) is 8.51. The molecule has 0 saturated heterocycles. The lowest BCUT2D eigenvalue weighted by molar-refractivity contribution is -0.141. The number of aliphatic imine (C=N–C) groups is 1. The van der Waals surface area contributed by atoms with Crippen LogP contribution >= 0.6 is 11.8 Å². The Morgan fingerprint density at radius 2 is 1.86 bits per heavy atom. The van der Waals surface area contributed by atoms with Gasteiger partial charge in [0, 0.05) is 18.8 Å². The second-order valence-electron chi connectivity index (χ2n) is 9.64. The zero-order valence-corrected chi connectivity index (χ0v) is 22.9. The summed E-state index contributed by atoms with van der Waals surface area (Å²) < 4.78 is 5.79. The maximum Gasteiger partial charge on any atom is 0.338 e. The van der Waals surface area contributed by atoms with Gasteiger partial charge in [-0.25, -0.2) is 9.79 Å². The number of fused-ring (bicyclic) bond motifs is 1. The van der Waals surface area contributed by atoms with E-state index in [0.29, 0.717) is 17.8 Å². The fourth-order valence-electron chi connectivity index (χ4n) is 4.50. The monoisotopic (exact) mass is 518 g/mol. The molecule has 0 aromatic heterocycles. The molecule has 2 aromatic rings. The number of hydrogen-bond acceptors (Lipinski definition) is 7. The number of amides is 1. The molecule has 1 amide bonds. The van der Waals surface area contributed by atoms with Crippen molar-refractivity contribution in [1.29, 1.82) is 0 Å². The largest absolute Gasteiger partial charge is 0.457 e. The van der Waals surface area contributed by atoms with Crippen molar-refractivity contribution >= 4 is 28.8 Å². The second kappa shape index (κ2) is 11.8. The Hall–Kier alpha value is -3.36. The van der Waals surface area contributed by atoms with Gasteiger partial charge < -0.3 is 19.9 Å². The van der Waals surface area contributed by atoms with Gasteiger partial charge in [-0.05, 0) is 57.0 Å². The van der Waals surface area contributed by atoms with Crippen LogP contribution in [0.1, 0.15) is 41.6 Å². The Morgan fingerprint density at radius 1 is 1.11 bits per heavy atom. The van der Waals surface area contributed by atoms with E-state index in [4.69, 9.17) is 9.73 Å². The normalized spacial score (nSPS) is 16.9. The smallest absolute Gasteiger partial charge is 0.338 e. The van der Waals surface area contributed by atoms with Gasteiger partial charge in [-0.2, -0.15) is 0 Å². The molecule has 194 valence electrons. The minimum absolute atomic E-state index is 0.0613. The van der Waals surface area contributed by atoms with Crippen LogP contribution in [0, 0.1) is 13.8 Å². The first kappa shape index (κ1) is 26.7. The first-order chi connectivity index (χ1) is 17.7. The standard InChI is InChI=1S/C29H34N4O3S/c1-19-11-12-24(20(2)15-19)27-26(28(35)36-17-22-9-7-6-8-10-22)21(3)31-29-33(27)23(18-37-29)16-25(34)30-13-14-32(4)5/h6-12,15,18,27H,13-14,16-17H2,1-5H3,(H,30,34). The summed E-state index contributed by atoms with van der Waals surface area (Å²) in [5.74, 6) is -0.463. The van der Waals surface area contributed by atoms with Crippen LogP contribution in [0.2, 0.25) is 0 Å². The summed E-state index contributed by atoms with van der Waals surface area (Å²) in [7, 11) is 3.95. The summed E-state index contributed by atoms with van der Waals surface area (Å²) in [6.45, 7) is 7.47. The number of allylic oxidation sites excluding steroid dienone is 1. The number of aryl methyl sites for hydroxylation is 2. The molecule has 1 unspecified atom stereocenters. The Balaban J connectivity index is 1.64. The highest BCUT2D eigenvalue weighted by molar-refractivity contribution is 8.16. The van der Waals surface area contributed by atoms with E-state index in [1.807, 2.05) is 66.6 Å². The third-order valence-corrected chi connectivity index (χ3v) is 7.26. The summed E-state index contributed by atoms with van der Waals surface area (Å²) in [6.07, 6.45) is 0.201. The minimum Gasteiger partial charge on any atom is -0.457 e. The summed E-state index contributed by atoms with van der Waals surface area (Å²) >= 11 is 1.48. The van der Waals surface area contributed by atoms with Crippen LogP contribution in [0.15, 0.2) is 75.9 Å². The molecule has 2 aliphatic rings. The highest BCUT2D eigenvalue weighted by Crippen LogP contribution is 2.45. The number of carbonyl (C=O) groups excluding carboxylic acids is 2. The van der Waals surface area contributed by atoms with Crippen molar-refractivity contribution < 1.29 is 14.3 Å². The molecule has 0 saturated carbocycles. The number of rotatable bonds is 9. The van der Waals surface area contributed by atoms with Gasteiger partial charge in [-0.3, -0.25) is 4.79 Å². The summed E-state index contributed by atoms with van der Waals surface area (Å²) in [4.78, 5) is 35.2. The van der Waals surface area contributed by atoms with Crippen LogP contribution in [0.4, 0.5) is 0 Å². The summed E-state index contributed by atoms with van der Waals surface area (Å²) in [5.41, 5.74) is 6.07. The number of ether oxygens (including phenoxy) is 1. The van der Waals surface area contributed by atoms with E-state index < -0.39 is 12.0 Å². The molecule has 2 aromatic carbocycles. The Morgan fingerprint density at radius 3 is 2.57 bits per heavy atom. The molecule has 0 fully saturated rings. The molecule has 0 bridgehead atoms. The van der Waals surface area contributed by atoms with E-state index in [-0.39, 0.29) is 18.9 Å². The molecule has 2 aliphatic heterocycles. The van der Waals surface area contributed by atoms with E-state index in [0.717, 1.165) is 39.7 Å². The molecule has 7 nitrogen and oxygen atoms in total. The molecule has 8 heteroatoms. The van der Waals surface area contributed by atoms with Crippen molar-refractivity contribution in [3.8, 4) is 0 Å². The number of thioether (sulfide) groups is 1. The number of esters is 1. The van der Waals surface area contributed by atoms with Gasteiger partial charge in [0.15, 0.2) is 5.17 Å². The van der Waals surface area contributed by atoms with Crippen LogP contribution in [0.5, 0.6) is 0 Å². The zero-order chi connectivity index (χ0) is 26.5. The predicted octanol–water partition coefficient (Wildman–Crippen LogP) is 4.69. The van der Waals surface area contributed by atoms with Crippen LogP contribution in [-0.2, 0) is 20.9 Å². The molecular weight excluding hydrogens is 484 g/mol. The van der Waals surface area contributed by atoms with Gasteiger partial charge in [-0.15, -0.1) is 0 Å². The number of nitrogens with one attached hydrogen (secondary N) is 1. The lowest BCUT2D eigenvalue weighted by Crippen LogP contribution is -2.39. The fraction of sp³-hybridized carbons (Fsp3) is 0.345. The molecule has 37 heavy (non-hydrogen) atoms. The van der Waals surface area contributed by atoms with Gasteiger partial charge in [0.1, 0.15) is 6.61 Å². The number of amidine groups is 1. The van der Waals surface area contributed by atoms with Crippen molar-refractivity contribution in [2.24, 2.45) is 4.99 Å². The summed E-state index contributed by atoms with van der Waals surface area (Å²) in [5, 5.41) is 5.72. The van der Waals surface area contributed by atoms with E-state index >= 15 is 0 Å². The van der Waals surface area contributed by atoms with Crippen LogP contribution < -0.4 is 5.32 Å². The third kappa shape index (κ3) is 6.32. The molecular formula is C29H34N4O3S. The van der Waals surface area contributed by atoms with Crippen molar-refractivity contribution in [3.63, 3.8) is 0 Å². The average molecular weight is 519 g/mol. The lowest BCUT2D eigenvalue weighted by atomic mass is 9.90. The van der Waals surface area contributed by atoms with E-state index in [9.17, 15) is 9.59 Å². The van der Waals surface area contributed by atoms with Gasteiger partial charge in [-0.1, -0.05) is 65.9 Å². The molecule has 0 aliphatic carbocycles. The Bertz CT molecular complexity index is 1270. The van der Waals surface area contributed by atoms with Crippen LogP contribution in [0.3, 0.4) is 0 Å². The third-order valence-electron chi connectivity index (χ3n) is 6.38. The molecule has 2 heterocycles. The SMILES string of the molecule is CC1=C(C(=O)OCc2ccccc2)C(c2ccc(C)cc2C)N2C(CC(=O)NCCN(C)C)=CSC2=N1. The highest BCUT2D eigenvalue weighted by Gasteiger charge is 2.41. The quantitative estimate of drug-likeness (QED) is 0.486. The lowest BCUT2D eigenvalue weighted by Gasteiger charge is -2.37. The van der Waals surface area contributed by atoms with Crippen molar-refractivity contribution in [2.75, 3.05) is 27.2 Å². The van der Waals surface area contributed by atoms with Crippen LogP contribution in [-0.4, -0.2) is 54.0 Å². The summed E-state index contributed by atoms with van der Waals surface area (Å²) in [6, 6.07) is 15.4. The number of hydrogen-bond donors (Lipinski definition) is 1. The van der Waals surface area contributed by atoms with E-state index in [1.54, 1.807) is 0 Å². The Labute approximate surface area is 223 Å². The minimum atomic E-state index is -0.438. The van der Waals surface area contributed by atoms with Crippen molar-refractivity contribution in [3.05, 3.63) is 93.2 Å². The first-order valence-electron chi connectivity index (χ1n) is 12.4. The second-order valence-corrected chi connectivity index (χ2v) is 10.5. The molecule has 0 spiro atoms. The maximum atomic E-state index is 13.6. The fourth-order valence-corrected chi connectivity index (χ4v) is 5.47. The number of likely N-dealkylation sites (N-methyl/N-ethyl adjacent to an activating group) is 1. The number of benzene rings is 2. The van der Waals surface area contributed by atoms with Gasteiger partial charge in [0.05, 0.1) is 23.7 Å². The highest BCUT2D eigenvalue weighted by atomic mass is 32.2. The average Bonchev–Trinajstić information content (AvgIpc) is 3.24. The molecule has 1 atom stereocenters. The molecule has 0 radical (unpaired) electrons. The van der Waals surface area contributed by atoms with Crippen LogP contribution in [0.25, 0.3) is 0 Å².